The van der Waals surface area contributed by atoms with Crippen molar-refractivity contribution in [3.63, 3.8) is 0 Å². The number of rotatable bonds is 10. The topological polar surface area (TPSA) is 88.0 Å². The second-order valence-corrected chi connectivity index (χ2v) is 5.24. The zero-order valence-electron chi connectivity index (χ0n) is 15.2. The highest BCUT2D eigenvalue weighted by atomic mass is 16.5. The summed E-state index contributed by atoms with van der Waals surface area (Å²) in [5.74, 6) is 0.235. The lowest BCUT2D eigenvalue weighted by molar-refractivity contribution is -0.139. The molecule has 0 saturated carbocycles. The van der Waals surface area contributed by atoms with Crippen LogP contribution >= 0.6 is 0 Å². The number of nitrogens with one attached hydrogen (secondary N) is 1. The van der Waals surface area contributed by atoms with E-state index in [2.05, 4.69) is 5.32 Å². The third kappa shape index (κ3) is 9.05. The SMILES string of the molecule is CC.O=C(O)COc1ccc(CNCC(O)COc2ccccc2)cc1. The molecular weight excluding hydrogens is 334 g/mol. The summed E-state index contributed by atoms with van der Waals surface area (Å²) in [5, 5.41) is 21.6. The number of benzene rings is 2. The molecule has 3 N–H and O–H groups in total. The van der Waals surface area contributed by atoms with Crippen LogP contribution in [0.2, 0.25) is 0 Å². The van der Waals surface area contributed by atoms with Gasteiger partial charge in [-0.15, -0.1) is 0 Å². The Kier molecular flexibility index (Phi) is 10.5. The summed E-state index contributed by atoms with van der Waals surface area (Å²) in [4.78, 5) is 10.4. The molecule has 0 aliphatic carbocycles. The number of carboxylic acid groups (broad SMARTS) is 1. The fraction of sp³-hybridized carbons (Fsp3) is 0.350. The van der Waals surface area contributed by atoms with E-state index in [0.29, 0.717) is 18.8 Å². The normalized spacial score (nSPS) is 11.0. The average Bonchev–Trinajstić information content (AvgIpc) is 2.68. The molecule has 0 bridgehead atoms. The smallest absolute Gasteiger partial charge is 0.341 e. The molecule has 26 heavy (non-hydrogen) atoms. The Morgan fingerprint density at radius 1 is 1.00 bits per heavy atom. The Bertz CT molecular complexity index is 616. The highest BCUT2D eigenvalue weighted by Crippen LogP contribution is 2.12. The first-order chi connectivity index (χ1) is 12.6. The van der Waals surface area contributed by atoms with Crippen LogP contribution in [0.3, 0.4) is 0 Å². The van der Waals surface area contributed by atoms with E-state index in [1.165, 1.54) is 0 Å². The minimum absolute atomic E-state index is 0.221. The molecule has 0 aliphatic rings. The first-order valence-corrected chi connectivity index (χ1v) is 8.63. The van der Waals surface area contributed by atoms with Gasteiger partial charge in [0.25, 0.3) is 0 Å². The van der Waals surface area contributed by atoms with Crippen molar-refractivity contribution < 1.29 is 24.5 Å². The predicted molar refractivity (Wildman–Crippen MR) is 101 cm³/mol. The van der Waals surface area contributed by atoms with E-state index >= 15 is 0 Å². The predicted octanol–water partition coefficient (Wildman–Crippen LogP) is 2.71. The molecule has 1 unspecified atom stereocenters. The summed E-state index contributed by atoms with van der Waals surface area (Å²) in [6, 6.07) is 16.5. The lowest BCUT2D eigenvalue weighted by Crippen LogP contribution is -2.31. The van der Waals surface area contributed by atoms with E-state index in [4.69, 9.17) is 14.6 Å². The van der Waals surface area contributed by atoms with Gasteiger partial charge in [0.15, 0.2) is 6.61 Å². The van der Waals surface area contributed by atoms with Crippen molar-refractivity contribution in [1.82, 2.24) is 5.32 Å². The minimum Gasteiger partial charge on any atom is -0.491 e. The van der Waals surface area contributed by atoms with Crippen LogP contribution in [0.4, 0.5) is 0 Å². The number of hydrogen-bond donors (Lipinski definition) is 3. The zero-order chi connectivity index (χ0) is 19.2. The standard InChI is InChI=1S/C18H21NO5.C2H6/c20-15(12-23-16-4-2-1-3-5-16)11-19-10-14-6-8-17(9-7-14)24-13-18(21)22;1-2/h1-9,15,19-20H,10-13H2,(H,21,22);1-2H3. The van der Waals surface area contributed by atoms with Crippen molar-refractivity contribution in [2.24, 2.45) is 0 Å². The van der Waals surface area contributed by atoms with Crippen molar-refractivity contribution in [3.05, 3.63) is 60.2 Å². The molecule has 0 heterocycles. The quantitative estimate of drug-likeness (QED) is 0.603. The molecule has 142 valence electrons. The van der Waals surface area contributed by atoms with Crippen LogP contribution in [0.1, 0.15) is 19.4 Å². The molecule has 0 saturated heterocycles. The van der Waals surface area contributed by atoms with Gasteiger partial charge < -0.3 is 25.0 Å². The lowest BCUT2D eigenvalue weighted by atomic mass is 10.2. The largest absolute Gasteiger partial charge is 0.491 e. The highest BCUT2D eigenvalue weighted by Gasteiger charge is 2.05. The van der Waals surface area contributed by atoms with Crippen LogP contribution in [0, 0.1) is 0 Å². The van der Waals surface area contributed by atoms with Crippen molar-refractivity contribution in [2.45, 2.75) is 26.5 Å². The van der Waals surface area contributed by atoms with Crippen LogP contribution in [-0.4, -0.2) is 42.0 Å². The number of carbonyl (C=O) groups is 1. The first-order valence-electron chi connectivity index (χ1n) is 8.63. The lowest BCUT2D eigenvalue weighted by Gasteiger charge is -2.13. The van der Waals surface area contributed by atoms with E-state index in [-0.39, 0.29) is 13.2 Å². The van der Waals surface area contributed by atoms with E-state index in [1.807, 2.05) is 56.3 Å². The van der Waals surface area contributed by atoms with E-state index in [0.717, 1.165) is 11.3 Å². The van der Waals surface area contributed by atoms with Gasteiger partial charge in [0.1, 0.15) is 24.2 Å². The molecule has 0 aliphatic heterocycles. The Labute approximate surface area is 154 Å². The van der Waals surface area contributed by atoms with Gasteiger partial charge in [0.2, 0.25) is 0 Å². The molecule has 0 amide bonds. The Morgan fingerprint density at radius 3 is 2.23 bits per heavy atom. The fourth-order valence-corrected chi connectivity index (χ4v) is 2.00. The molecule has 2 aromatic rings. The van der Waals surface area contributed by atoms with Crippen LogP contribution in [0.15, 0.2) is 54.6 Å². The average molecular weight is 361 g/mol. The third-order valence-corrected chi connectivity index (χ3v) is 3.18. The van der Waals surface area contributed by atoms with E-state index in [9.17, 15) is 9.90 Å². The summed E-state index contributed by atoms with van der Waals surface area (Å²) in [6.07, 6.45) is -0.608. The number of carboxylic acids is 1. The van der Waals surface area contributed by atoms with E-state index < -0.39 is 12.1 Å². The van der Waals surface area contributed by atoms with Crippen LogP contribution in [0.5, 0.6) is 11.5 Å². The van der Waals surface area contributed by atoms with Crippen LogP contribution in [0.25, 0.3) is 0 Å². The molecule has 6 heteroatoms. The first kappa shape index (κ1) is 21.5. The number of aliphatic carboxylic acids is 1. The second-order valence-electron chi connectivity index (χ2n) is 5.24. The Hall–Kier alpha value is -2.57. The Morgan fingerprint density at radius 2 is 1.62 bits per heavy atom. The minimum atomic E-state index is -1.01. The van der Waals surface area contributed by atoms with E-state index in [1.54, 1.807) is 12.1 Å². The summed E-state index contributed by atoms with van der Waals surface area (Å²) < 4.78 is 10.5. The number of para-hydroxylation sites is 1. The maximum atomic E-state index is 10.4. The molecule has 2 rings (SSSR count). The molecule has 0 fully saturated rings. The number of hydrogen-bond acceptors (Lipinski definition) is 5. The van der Waals surface area contributed by atoms with Gasteiger partial charge in [0.05, 0.1) is 0 Å². The molecule has 1 atom stereocenters. The summed E-state index contributed by atoms with van der Waals surface area (Å²) >= 11 is 0. The van der Waals surface area contributed by atoms with Crippen molar-refractivity contribution in [1.29, 1.82) is 0 Å². The second kappa shape index (κ2) is 12.7. The number of ether oxygens (including phenoxy) is 2. The molecule has 0 radical (unpaired) electrons. The molecule has 0 spiro atoms. The van der Waals surface area contributed by atoms with Gasteiger partial charge in [0, 0.05) is 13.1 Å². The molecule has 2 aromatic carbocycles. The van der Waals surface area contributed by atoms with Crippen LogP contribution in [-0.2, 0) is 11.3 Å². The van der Waals surface area contributed by atoms with Gasteiger partial charge in [-0.1, -0.05) is 44.2 Å². The fourth-order valence-electron chi connectivity index (χ4n) is 2.00. The van der Waals surface area contributed by atoms with Crippen molar-refractivity contribution in [3.8, 4) is 11.5 Å². The van der Waals surface area contributed by atoms with Crippen molar-refractivity contribution in [2.75, 3.05) is 19.8 Å². The van der Waals surface area contributed by atoms with Gasteiger partial charge >= 0.3 is 5.97 Å². The summed E-state index contributed by atoms with van der Waals surface area (Å²) in [5.41, 5.74) is 1.01. The van der Waals surface area contributed by atoms with Gasteiger partial charge in [-0.05, 0) is 29.8 Å². The van der Waals surface area contributed by atoms with Gasteiger partial charge in [-0.2, -0.15) is 0 Å². The maximum absolute atomic E-state index is 10.4. The maximum Gasteiger partial charge on any atom is 0.341 e. The summed E-state index contributed by atoms with van der Waals surface area (Å²) in [6.45, 7) is 4.86. The summed E-state index contributed by atoms with van der Waals surface area (Å²) in [7, 11) is 0. The van der Waals surface area contributed by atoms with Gasteiger partial charge in [-0.3, -0.25) is 0 Å². The number of aliphatic hydroxyl groups is 1. The molecule has 0 aromatic heterocycles. The third-order valence-electron chi connectivity index (χ3n) is 3.18. The number of aliphatic hydroxyl groups excluding tert-OH is 1. The zero-order valence-corrected chi connectivity index (χ0v) is 15.2. The van der Waals surface area contributed by atoms with Crippen molar-refractivity contribution >= 4 is 5.97 Å². The van der Waals surface area contributed by atoms with Gasteiger partial charge in [-0.25, -0.2) is 4.79 Å². The highest BCUT2D eigenvalue weighted by molar-refractivity contribution is 5.68. The Balaban J connectivity index is 0.00000163. The molecule has 6 nitrogen and oxygen atoms in total. The van der Waals surface area contributed by atoms with Crippen LogP contribution < -0.4 is 14.8 Å². The monoisotopic (exact) mass is 361 g/mol. The molecular formula is C20H27NO5.